The summed E-state index contributed by atoms with van der Waals surface area (Å²) in [5.74, 6) is 1.79. The largest absolute Gasteiger partial charge is 0.376 e. The van der Waals surface area contributed by atoms with Crippen LogP contribution in [0.25, 0.3) is 0 Å². The van der Waals surface area contributed by atoms with Gasteiger partial charge in [-0.25, -0.2) is 0 Å². The van der Waals surface area contributed by atoms with Gasteiger partial charge in [-0.2, -0.15) is 0 Å². The van der Waals surface area contributed by atoms with E-state index in [0.717, 1.165) is 70.5 Å². The second-order valence-electron chi connectivity index (χ2n) is 9.79. The van der Waals surface area contributed by atoms with Crippen LogP contribution < -0.4 is 5.32 Å². The number of guanidine groups is 1. The molecule has 1 unspecified atom stereocenters. The van der Waals surface area contributed by atoms with Crippen LogP contribution in [0.1, 0.15) is 49.7 Å². The van der Waals surface area contributed by atoms with Gasteiger partial charge in [0.25, 0.3) is 0 Å². The molecule has 0 aromatic heterocycles. The first-order valence-electron chi connectivity index (χ1n) is 12.7. The maximum absolute atomic E-state index is 6.13. The van der Waals surface area contributed by atoms with Gasteiger partial charge in [0, 0.05) is 39.8 Å². The minimum Gasteiger partial charge on any atom is -0.376 e. The Hall–Kier alpha value is -1.63. The third-order valence-corrected chi connectivity index (χ3v) is 7.28. The van der Waals surface area contributed by atoms with Crippen LogP contribution in [0.4, 0.5) is 0 Å². The van der Waals surface area contributed by atoms with Gasteiger partial charge in [0.2, 0.25) is 0 Å². The fourth-order valence-corrected chi connectivity index (χ4v) is 5.12. The number of rotatable bonds is 7. The van der Waals surface area contributed by atoms with Crippen LogP contribution in [0.3, 0.4) is 0 Å². The van der Waals surface area contributed by atoms with E-state index in [1.807, 2.05) is 7.05 Å². The van der Waals surface area contributed by atoms with Crippen molar-refractivity contribution in [2.45, 2.75) is 64.2 Å². The van der Waals surface area contributed by atoms with E-state index >= 15 is 0 Å². The van der Waals surface area contributed by atoms with Gasteiger partial charge in [0.05, 0.1) is 18.8 Å². The highest BCUT2D eigenvalue weighted by Gasteiger charge is 2.25. The molecule has 32 heavy (non-hydrogen) atoms. The molecule has 0 amide bonds. The van der Waals surface area contributed by atoms with E-state index in [9.17, 15) is 0 Å². The number of nitrogens with one attached hydrogen (secondary N) is 1. The first kappa shape index (κ1) is 23.5. The summed E-state index contributed by atoms with van der Waals surface area (Å²) in [5.41, 5.74) is 2.76. The minimum atomic E-state index is 0.325. The zero-order valence-electron chi connectivity index (χ0n) is 20.1. The van der Waals surface area contributed by atoms with Crippen molar-refractivity contribution in [1.82, 2.24) is 15.1 Å². The van der Waals surface area contributed by atoms with Crippen molar-refractivity contribution in [2.24, 2.45) is 10.9 Å². The molecular formula is C26H42N4O2. The van der Waals surface area contributed by atoms with Crippen molar-refractivity contribution in [3.05, 3.63) is 35.4 Å². The first-order valence-corrected chi connectivity index (χ1v) is 12.7. The Morgan fingerprint density at radius 2 is 1.81 bits per heavy atom. The lowest BCUT2D eigenvalue weighted by atomic mass is 9.96. The number of hydrogen-bond acceptors (Lipinski definition) is 4. The molecule has 6 heteroatoms. The third kappa shape index (κ3) is 6.93. The van der Waals surface area contributed by atoms with E-state index in [2.05, 4.69) is 51.3 Å². The number of piperidine rings is 2. The summed E-state index contributed by atoms with van der Waals surface area (Å²) in [4.78, 5) is 9.56. The van der Waals surface area contributed by atoms with Crippen LogP contribution in [0.15, 0.2) is 29.3 Å². The lowest BCUT2D eigenvalue weighted by molar-refractivity contribution is -0.0367. The number of aliphatic imine (C=N–C) groups is 1. The Bertz CT molecular complexity index is 701. The lowest BCUT2D eigenvalue weighted by Crippen LogP contribution is -2.48. The topological polar surface area (TPSA) is 49.3 Å². The van der Waals surface area contributed by atoms with Gasteiger partial charge < -0.3 is 19.7 Å². The van der Waals surface area contributed by atoms with Crippen LogP contribution in [0.5, 0.6) is 0 Å². The fraction of sp³-hybridized carbons (Fsp3) is 0.731. The van der Waals surface area contributed by atoms with E-state index in [0.29, 0.717) is 12.2 Å². The molecular weight excluding hydrogens is 400 g/mol. The number of hydrogen-bond donors (Lipinski definition) is 1. The first-order chi connectivity index (χ1) is 15.7. The molecule has 0 bridgehead atoms. The average Bonchev–Trinajstić information content (AvgIpc) is 3.35. The van der Waals surface area contributed by atoms with Crippen LogP contribution in [0.2, 0.25) is 0 Å². The third-order valence-electron chi connectivity index (χ3n) is 7.28. The Labute approximate surface area is 194 Å². The number of aryl methyl sites for hydroxylation is 1. The number of ether oxygens (including phenoxy) is 2. The molecule has 1 aromatic carbocycles. The number of likely N-dealkylation sites (tertiary alicyclic amines) is 2. The van der Waals surface area contributed by atoms with Gasteiger partial charge >= 0.3 is 0 Å². The van der Waals surface area contributed by atoms with Gasteiger partial charge in [-0.05, 0) is 70.0 Å². The fourth-order valence-electron chi connectivity index (χ4n) is 5.12. The number of nitrogens with zero attached hydrogens (tertiary/aromatic N) is 3. The summed E-state index contributed by atoms with van der Waals surface area (Å²) in [7, 11) is 1.91. The molecule has 3 heterocycles. The zero-order chi connectivity index (χ0) is 22.2. The summed E-state index contributed by atoms with van der Waals surface area (Å²) in [5, 5.41) is 3.67. The Kier molecular flexibility index (Phi) is 8.83. The maximum Gasteiger partial charge on any atom is 0.193 e. The van der Waals surface area contributed by atoms with Crippen molar-refractivity contribution in [3.63, 3.8) is 0 Å². The molecule has 178 valence electrons. The quantitative estimate of drug-likeness (QED) is 0.518. The van der Waals surface area contributed by atoms with Gasteiger partial charge in [0.15, 0.2) is 5.96 Å². The molecule has 1 N–H and O–H groups in total. The zero-order valence-corrected chi connectivity index (χ0v) is 20.1. The smallest absolute Gasteiger partial charge is 0.193 e. The van der Waals surface area contributed by atoms with Gasteiger partial charge in [0.1, 0.15) is 0 Å². The van der Waals surface area contributed by atoms with Crippen molar-refractivity contribution in [1.29, 1.82) is 0 Å². The van der Waals surface area contributed by atoms with Crippen molar-refractivity contribution < 1.29 is 9.47 Å². The van der Waals surface area contributed by atoms with Gasteiger partial charge in [-0.15, -0.1) is 0 Å². The van der Waals surface area contributed by atoms with Crippen LogP contribution >= 0.6 is 0 Å². The molecule has 3 aliphatic heterocycles. The molecule has 3 aliphatic rings. The lowest BCUT2D eigenvalue weighted by Gasteiger charge is -2.36. The highest BCUT2D eigenvalue weighted by atomic mass is 16.5. The molecule has 1 atom stereocenters. The monoisotopic (exact) mass is 442 g/mol. The molecule has 3 fully saturated rings. The molecule has 6 nitrogen and oxygen atoms in total. The van der Waals surface area contributed by atoms with Crippen LogP contribution in [0, 0.1) is 12.8 Å². The standard InChI is InChI=1S/C26H42N4O2/c1-21-5-7-23(8-6-21)19-29-13-9-22(10-14-29)18-28-26(27-2)30-15-11-24(12-16-30)32-20-25-4-3-17-31-25/h5-8,22,24-25H,3-4,9-20H2,1-2H3,(H,27,28). The summed E-state index contributed by atoms with van der Waals surface area (Å²) < 4.78 is 11.8. The number of benzene rings is 1. The molecule has 0 saturated carbocycles. The van der Waals surface area contributed by atoms with Crippen LogP contribution in [-0.4, -0.2) is 81.0 Å². The van der Waals surface area contributed by atoms with Crippen LogP contribution in [-0.2, 0) is 16.0 Å². The van der Waals surface area contributed by atoms with E-state index in [1.54, 1.807) is 0 Å². The summed E-state index contributed by atoms with van der Waals surface area (Å²) in [6.07, 6.45) is 7.69. The van der Waals surface area contributed by atoms with Crippen molar-refractivity contribution >= 4 is 5.96 Å². The molecule has 0 spiro atoms. The van der Waals surface area contributed by atoms with E-state index in [4.69, 9.17) is 9.47 Å². The molecule has 4 rings (SSSR count). The molecule has 0 radical (unpaired) electrons. The maximum atomic E-state index is 6.13. The second kappa shape index (κ2) is 12.0. The van der Waals surface area contributed by atoms with E-state index in [-0.39, 0.29) is 0 Å². The summed E-state index contributed by atoms with van der Waals surface area (Å²) in [6.45, 7) is 10.3. The normalized spacial score (nSPS) is 24.2. The molecule has 3 saturated heterocycles. The van der Waals surface area contributed by atoms with Gasteiger partial charge in [-0.3, -0.25) is 9.89 Å². The average molecular weight is 443 g/mol. The second-order valence-corrected chi connectivity index (χ2v) is 9.79. The highest BCUT2D eigenvalue weighted by molar-refractivity contribution is 5.79. The minimum absolute atomic E-state index is 0.325. The van der Waals surface area contributed by atoms with E-state index < -0.39 is 0 Å². The SMILES string of the molecule is CN=C(NCC1CCN(Cc2ccc(C)cc2)CC1)N1CCC(OCC2CCCO2)CC1. The Morgan fingerprint density at radius 3 is 2.47 bits per heavy atom. The Balaban J connectivity index is 1.12. The van der Waals surface area contributed by atoms with E-state index in [1.165, 1.54) is 43.5 Å². The molecule has 0 aliphatic carbocycles. The Morgan fingerprint density at radius 1 is 1.06 bits per heavy atom. The predicted molar refractivity (Wildman–Crippen MR) is 130 cm³/mol. The van der Waals surface area contributed by atoms with Gasteiger partial charge in [-0.1, -0.05) is 29.8 Å². The highest BCUT2D eigenvalue weighted by Crippen LogP contribution is 2.20. The molecule has 1 aromatic rings. The predicted octanol–water partition coefficient (Wildman–Crippen LogP) is 3.44. The summed E-state index contributed by atoms with van der Waals surface area (Å²) >= 11 is 0. The summed E-state index contributed by atoms with van der Waals surface area (Å²) in [6, 6.07) is 8.97. The van der Waals surface area contributed by atoms with Crippen molar-refractivity contribution in [2.75, 3.05) is 53.0 Å². The van der Waals surface area contributed by atoms with Crippen molar-refractivity contribution in [3.8, 4) is 0 Å².